The minimum Gasteiger partial charge on any atom is -0.490 e. The molecule has 1 spiro atoms. The maximum Gasteiger partial charge on any atom is 0.410 e. The Morgan fingerprint density at radius 3 is 2.44 bits per heavy atom. The fourth-order valence-electron chi connectivity index (χ4n) is 8.18. The number of amides is 1. The third-order valence-corrected chi connectivity index (χ3v) is 12.3. The predicted molar refractivity (Wildman–Crippen MR) is 192 cm³/mol. The second kappa shape index (κ2) is 13.3. The second-order valence-corrected chi connectivity index (χ2v) is 17.1. The number of hydrogen-bond acceptors (Lipinski definition) is 12. The number of anilines is 2. The van der Waals surface area contributed by atoms with Crippen LogP contribution in [0, 0.1) is 16.7 Å². The highest BCUT2D eigenvalue weighted by Crippen LogP contribution is 2.49. The van der Waals surface area contributed by atoms with Gasteiger partial charge in [0.15, 0.2) is 0 Å². The van der Waals surface area contributed by atoms with Gasteiger partial charge in [-0.3, -0.25) is 0 Å². The fourth-order valence-corrected chi connectivity index (χ4v) is 9.37. The van der Waals surface area contributed by atoms with Gasteiger partial charge in [0.1, 0.15) is 40.0 Å². The third-order valence-electron chi connectivity index (χ3n) is 11.3. The number of pyridine rings is 1. The Balaban J connectivity index is 1.15. The van der Waals surface area contributed by atoms with Crippen LogP contribution in [0.15, 0.2) is 16.7 Å². The molecule has 12 nitrogen and oxygen atoms in total. The summed E-state index contributed by atoms with van der Waals surface area (Å²) >= 11 is 1.49. The van der Waals surface area contributed by atoms with Crippen molar-refractivity contribution in [3.8, 4) is 23.3 Å². The SMILES string of the molecule is CN1CCC2(CC1)CCN(c1cc(OC3CCN(C(=O)OC(C)(C)C)CC3)cc(-c3noc(C4(C)CCCc5sc(N)c(C#N)c54)n3)n1)CC2. The number of rotatable bonds is 5. The van der Waals surface area contributed by atoms with Crippen LogP contribution in [0.5, 0.6) is 5.75 Å². The van der Waals surface area contributed by atoms with Crippen molar-refractivity contribution in [3.63, 3.8) is 0 Å². The first-order valence-electron chi connectivity index (χ1n) is 18.1. The normalized spacial score (nSPS) is 23.0. The maximum atomic E-state index is 12.7. The number of nitrogens with zero attached hydrogens (tertiary/aromatic N) is 7. The number of nitrogens with two attached hydrogens (primary N) is 1. The van der Waals surface area contributed by atoms with E-state index >= 15 is 0 Å². The van der Waals surface area contributed by atoms with Crippen molar-refractivity contribution >= 4 is 28.2 Å². The van der Waals surface area contributed by atoms with Crippen LogP contribution < -0.4 is 15.4 Å². The maximum absolute atomic E-state index is 12.7. The summed E-state index contributed by atoms with van der Waals surface area (Å²) in [7, 11) is 2.22. The highest BCUT2D eigenvalue weighted by atomic mass is 32.1. The molecule has 268 valence electrons. The standard InChI is InChI=1S/C37H50N8O4S/c1-35(2,3)48-34(46)45-15-8-24(9-16-45)47-25-21-27(40-29(22-25)44-19-13-37(14-20-44)11-17-43(5)18-12-37)32-41-33(49-42-32)36(4)10-6-7-28-30(36)26(23-38)31(39)50-28/h21-22,24H,6-20,39H2,1-5H3. The molecule has 0 aromatic carbocycles. The topological polar surface area (TPSA) is 147 Å². The smallest absolute Gasteiger partial charge is 0.410 e. The zero-order chi connectivity index (χ0) is 35.3. The van der Waals surface area contributed by atoms with Gasteiger partial charge in [0.2, 0.25) is 11.7 Å². The summed E-state index contributed by atoms with van der Waals surface area (Å²) in [6, 6.07) is 6.27. The molecule has 0 bridgehead atoms. The number of ether oxygens (including phenoxy) is 2. The lowest BCUT2D eigenvalue weighted by Crippen LogP contribution is -2.46. The van der Waals surface area contributed by atoms with E-state index in [1.54, 1.807) is 4.90 Å². The van der Waals surface area contributed by atoms with Crippen molar-refractivity contribution in [2.24, 2.45) is 5.41 Å². The van der Waals surface area contributed by atoms with Crippen molar-refractivity contribution in [2.75, 3.05) is 56.9 Å². The minimum absolute atomic E-state index is 0.0607. The number of aromatic nitrogens is 3. The molecule has 0 saturated carbocycles. The number of carbonyl (C=O) groups is 1. The number of nitriles is 1. The second-order valence-electron chi connectivity index (χ2n) is 16.0. The van der Waals surface area contributed by atoms with E-state index < -0.39 is 11.0 Å². The van der Waals surface area contributed by atoms with E-state index in [0.717, 1.165) is 74.5 Å². The van der Waals surface area contributed by atoms with E-state index in [-0.39, 0.29) is 12.2 Å². The molecular formula is C37H50N8O4S. The molecule has 4 aliphatic rings. The van der Waals surface area contributed by atoms with Crippen LogP contribution in [0.25, 0.3) is 11.5 Å². The summed E-state index contributed by atoms with van der Waals surface area (Å²) in [4.78, 5) is 30.4. The van der Waals surface area contributed by atoms with Gasteiger partial charge in [-0.05, 0) is 98.2 Å². The molecular weight excluding hydrogens is 653 g/mol. The molecule has 50 heavy (non-hydrogen) atoms. The highest BCUT2D eigenvalue weighted by molar-refractivity contribution is 7.16. The van der Waals surface area contributed by atoms with Crippen LogP contribution in [0.1, 0.15) is 101 Å². The Morgan fingerprint density at radius 1 is 1.06 bits per heavy atom. The number of fused-ring (bicyclic) bond motifs is 1. The van der Waals surface area contributed by atoms with Crippen molar-refractivity contribution in [2.45, 2.75) is 103 Å². The Bertz CT molecular complexity index is 1750. The van der Waals surface area contributed by atoms with Crippen LogP contribution in [0.4, 0.5) is 15.6 Å². The first-order valence-corrected chi connectivity index (χ1v) is 18.9. The molecule has 3 aliphatic heterocycles. The van der Waals surface area contributed by atoms with Crippen LogP contribution in [-0.2, 0) is 16.6 Å². The largest absolute Gasteiger partial charge is 0.490 e. The van der Waals surface area contributed by atoms with Gasteiger partial charge in [0, 0.05) is 61.6 Å². The molecule has 3 fully saturated rings. The van der Waals surface area contributed by atoms with E-state index in [1.807, 2.05) is 32.9 Å². The molecule has 3 aromatic rings. The average molecular weight is 703 g/mol. The third kappa shape index (κ3) is 6.89. The lowest BCUT2D eigenvalue weighted by molar-refractivity contribution is 0.0126. The lowest BCUT2D eigenvalue weighted by Gasteiger charge is -2.46. The Labute approximate surface area is 298 Å². The zero-order valence-electron chi connectivity index (χ0n) is 30.1. The average Bonchev–Trinajstić information content (AvgIpc) is 3.72. The number of piperidine rings is 3. The van der Waals surface area contributed by atoms with Gasteiger partial charge in [0.05, 0.1) is 11.0 Å². The monoisotopic (exact) mass is 702 g/mol. The van der Waals surface area contributed by atoms with Crippen molar-refractivity contribution in [3.05, 3.63) is 34.0 Å². The summed E-state index contributed by atoms with van der Waals surface area (Å²) in [5.74, 6) is 2.41. The first kappa shape index (κ1) is 34.6. The predicted octanol–water partition coefficient (Wildman–Crippen LogP) is 6.38. The van der Waals surface area contributed by atoms with E-state index in [0.29, 0.717) is 65.1 Å². The summed E-state index contributed by atoms with van der Waals surface area (Å²) in [5, 5.41) is 15.0. The highest BCUT2D eigenvalue weighted by Gasteiger charge is 2.43. The van der Waals surface area contributed by atoms with Gasteiger partial charge in [0.25, 0.3) is 0 Å². The Kier molecular flexibility index (Phi) is 9.22. The number of carbonyl (C=O) groups excluding carboxylic acids is 1. The van der Waals surface area contributed by atoms with Crippen LogP contribution in [0.2, 0.25) is 0 Å². The lowest BCUT2D eigenvalue weighted by atomic mass is 9.71. The summed E-state index contributed by atoms with van der Waals surface area (Å²) in [6.07, 6.45) is 8.44. The number of nitrogen functional groups attached to an aromatic ring is 1. The van der Waals surface area contributed by atoms with E-state index in [2.05, 4.69) is 35.0 Å². The van der Waals surface area contributed by atoms with Gasteiger partial charge in [-0.1, -0.05) is 5.16 Å². The summed E-state index contributed by atoms with van der Waals surface area (Å²) < 4.78 is 18.2. The Morgan fingerprint density at radius 2 is 1.76 bits per heavy atom. The Hall–Kier alpha value is -3.89. The van der Waals surface area contributed by atoms with Crippen molar-refractivity contribution in [1.82, 2.24) is 24.9 Å². The quantitative estimate of drug-likeness (QED) is 0.316. The summed E-state index contributed by atoms with van der Waals surface area (Å²) in [5.41, 5.74) is 7.57. The molecule has 6 heterocycles. The number of hydrogen-bond donors (Lipinski definition) is 1. The fraction of sp³-hybridized carbons (Fsp3) is 0.649. The van der Waals surface area contributed by atoms with Gasteiger partial charge >= 0.3 is 6.09 Å². The van der Waals surface area contributed by atoms with Crippen LogP contribution in [-0.4, -0.2) is 89.0 Å². The molecule has 3 saturated heterocycles. The summed E-state index contributed by atoms with van der Waals surface area (Å²) in [6.45, 7) is 13.1. The molecule has 13 heteroatoms. The van der Waals surface area contributed by atoms with Gasteiger partial charge < -0.3 is 34.4 Å². The van der Waals surface area contributed by atoms with E-state index in [9.17, 15) is 10.1 Å². The molecule has 0 radical (unpaired) electrons. The van der Waals surface area contributed by atoms with Crippen LogP contribution in [0.3, 0.4) is 0 Å². The van der Waals surface area contributed by atoms with E-state index in [1.165, 1.54) is 24.2 Å². The number of aryl methyl sites for hydroxylation is 1. The van der Waals surface area contributed by atoms with E-state index in [4.69, 9.17) is 29.7 Å². The van der Waals surface area contributed by atoms with Crippen molar-refractivity contribution < 1.29 is 18.8 Å². The minimum atomic E-state index is -0.619. The number of thiophene rings is 1. The van der Waals surface area contributed by atoms with Crippen molar-refractivity contribution in [1.29, 1.82) is 5.26 Å². The zero-order valence-corrected chi connectivity index (χ0v) is 30.9. The molecule has 1 unspecified atom stereocenters. The molecule has 1 aliphatic carbocycles. The molecule has 1 atom stereocenters. The molecule has 2 N–H and O–H groups in total. The molecule has 3 aromatic heterocycles. The van der Waals surface area contributed by atoms with Crippen LogP contribution >= 0.6 is 11.3 Å². The van der Waals surface area contributed by atoms with Gasteiger partial charge in [-0.25, -0.2) is 9.78 Å². The molecule has 7 rings (SSSR count). The van der Waals surface area contributed by atoms with Gasteiger partial charge in [-0.15, -0.1) is 11.3 Å². The van der Waals surface area contributed by atoms with Gasteiger partial charge in [-0.2, -0.15) is 10.2 Å². The molecule has 1 amide bonds. The first-order chi connectivity index (χ1) is 23.8. The number of likely N-dealkylation sites (tertiary alicyclic amines) is 2.